The van der Waals surface area contributed by atoms with Gasteiger partial charge in [0.15, 0.2) is 8.15 Å². The maximum atomic E-state index is 8.87. The zero-order valence-electron chi connectivity index (χ0n) is 26.6. The summed E-state index contributed by atoms with van der Waals surface area (Å²) in [6.45, 7) is 19.6. The molecule has 10 nitrogen and oxygen atoms in total. The zero-order chi connectivity index (χ0) is 33.0. The van der Waals surface area contributed by atoms with E-state index in [1.165, 1.54) is 6.42 Å². The molecule has 0 aromatic rings. The van der Waals surface area contributed by atoms with Crippen molar-refractivity contribution in [3.63, 3.8) is 0 Å². The first-order chi connectivity index (χ1) is 19.2. The van der Waals surface area contributed by atoms with E-state index in [0.717, 1.165) is 58.7 Å². The van der Waals surface area contributed by atoms with E-state index in [9.17, 15) is 0 Å². The summed E-state index contributed by atoms with van der Waals surface area (Å²) < 4.78 is 62.1. The minimum absolute atomic E-state index is 0.0833. The molecule has 0 aromatic carbocycles. The molecule has 4 atom stereocenters. The van der Waals surface area contributed by atoms with E-state index in [1.807, 2.05) is 8.93 Å². The predicted molar refractivity (Wildman–Crippen MR) is 173 cm³/mol. The van der Waals surface area contributed by atoms with Gasteiger partial charge in [-0.1, -0.05) is 34.6 Å². The molecule has 16 heteroatoms. The largest absolute Gasteiger partial charge is 0.290 e. The Balaban J connectivity index is -0.0000000620. The van der Waals surface area contributed by atoms with Gasteiger partial charge in [0.05, 0.1) is 59.2 Å². The second-order valence-electron chi connectivity index (χ2n) is 7.45. The van der Waals surface area contributed by atoms with Crippen LogP contribution in [0.5, 0.6) is 0 Å². The zero-order valence-corrected chi connectivity index (χ0v) is 30.5. The topological polar surface area (TPSA) is 134 Å². The molecule has 0 N–H and O–H groups in total. The van der Waals surface area contributed by atoms with Crippen LogP contribution in [0.15, 0.2) is 0 Å². The van der Waals surface area contributed by atoms with E-state index in [1.54, 1.807) is 30.4 Å². The van der Waals surface area contributed by atoms with Crippen LogP contribution < -0.4 is 0 Å². The first-order valence-corrected chi connectivity index (χ1v) is 16.8. The first-order valence-electron chi connectivity index (χ1n) is 13.1. The van der Waals surface area contributed by atoms with Gasteiger partial charge < -0.3 is 28.4 Å². The molecule has 3 fully saturated rings. The van der Waals surface area contributed by atoms with Gasteiger partial charge in [-0.05, 0) is 54.9 Å². The molecule has 3 radical (unpaired) electrons. The SMILES string of the molecule is C1CO1.CC1CO1.CCC(C)OC.CCC(CC)OC.CCC1CO1.CCCOC.O=P.O=PP.[B]=O.[B]P=O. The van der Waals surface area contributed by atoms with Crippen molar-refractivity contribution in [2.45, 2.75) is 105 Å². The van der Waals surface area contributed by atoms with Crippen LogP contribution >= 0.6 is 34.5 Å². The minimum Gasteiger partial charge on any atom is -0.290 e. The van der Waals surface area contributed by atoms with Crippen LogP contribution in [-0.4, -0.2) is 94.1 Å². The monoisotopic (exact) mass is 651 g/mol. The fraction of sp³-hybridized carbons (Fsp3) is 1.00. The molecular formula is C24H57B2O10P4. The Hall–Kier alpha value is 0.420. The van der Waals surface area contributed by atoms with Crippen molar-refractivity contribution in [2.24, 2.45) is 0 Å². The molecule has 0 aliphatic carbocycles. The number of methoxy groups -OCH3 is 3. The second-order valence-corrected chi connectivity index (χ2v) is 8.51. The van der Waals surface area contributed by atoms with Crippen molar-refractivity contribution in [3.05, 3.63) is 0 Å². The molecule has 0 aromatic heterocycles. The van der Waals surface area contributed by atoms with Crippen molar-refractivity contribution >= 4 is 49.8 Å². The molecule has 40 heavy (non-hydrogen) atoms. The van der Waals surface area contributed by atoms with E-state index >= 15 is 0 Å². The maximum absolute atomic E-state index is 8.87. The molecule has 4 unspecified atom stereocenters. The smallest absolute Gasteiger partial charge is 0.212 e. The second kappa shape index (κ2) is 62.9. The van der Waals surface area contributed by atoms with Crippen LogP contribution in [0.1, 0.15) is 80.6 Å². The summed E-state index contributed by atoms with van der Waals surface area (Å²) in [4.78, 5) is 0. The van der Waals surface area contributed by atoms with Crippen molar-refractivity contribution in [2.75, 3.05) is 54.4 Å². The van der Waals surface area contributed by atoms with Gasteiger partial charge in [0, 0.05) is 27.9 Å². The van der Waals surface area contributed by atoms with Crippen molar-refractivity contribution in [1.29, 1.82) is 0 Å². The molecular weight excluding hydrogens is 594 g/mol. The third-order valence-electron chi connectivity index (χ3n) is 4.19. The van der Waals surface area contributed by atoms with E-state index < -0.39 is 0 Å². The fourth-order valence-corrected chi connectivity index (χ4v) is 1.39. The summed E-state index contributed by atoms with van der Waals surface area (Å²) in [6.07, 6.45) is 7.83. The Morgan fingerprint density at radius 1 is 0.925 bits per heavy atom. The van der Waals surface area contributed by atoms with Crippen molar-refractivity contribution in [1.82, 2.24) is 0 Å². The van der Waals surface area contributed by atoms with E-state index in [0.29, 0.717) is 24.4 Å². The summed E-state index contributed by atoms with van der Waals surface area (Å²) in [5.41, 5.74) is 0. The van der Waals surface area contributed by atoms with Crippen molar-refractivity contribution < 1.29 is 46.8 Å². The molecule has 3 rings (SSSR count). The molecule has 0 amide bonds. The van der Waals surface area contributed by atoms with E-state index in [2.05, 4.69) is 68.5 Å². The van der Waals surface area contributed by atoms with Gasteiger partial charge in [0.2, 0.25) is 7.57 Å². The minimum atomic E-state index is -0.333. The molecule has 239 valence electrons. The average molecular weight is 651 g/mol. The Morgan fingerprint density at radius 2 is 1.27 bits per heavy atom. The predicted octanol–water partition coefficient (Wildman–Crippen LogP) is 6.92. The van der Waals surface area contributed by atoms with Gasteiger partial charge in [-0.15, -0.1) is 0 Å². The standard InChI is InChI=1S/C6H14O.C5H12O.C4H8O.C4H10O.C3H6O.C2H4O.BOP.BO.H2OP2.HOP/c1-4-6(5-2)7-3;1-4-5(2)6-3;1-2-4-3-5-4;1-3-4-5-2;1-3-2-4-3;1-2-3-1;1-3-2;1-2;1-3-2;1-2/h6H,4-5H2,1-3H3;5H,4H2,1-3H3;4H,2-3H2,1H3;3-4H2,1-2H3;3H,2H2,1H3;1-2H2;;;2H2;2H. The normalized spacial score (nSPS) is 16.3. The molecule has 3 heterocycles. The molecule has 0 bridgehead atoms. The van der Waals surface area contributed by atoms with Crippen LogP contribution in [-0.2, 0) is 46.8 Å². The Kier molecular flexibility index (Phi) is 88.4. The molecule has 3 aliphatic heterocycles. The fourth-order valence-electron chi connectivity index (χ4n) is 1.39. The van der Waals surface area contributed by atoms with Crippen LogP contribution in [0.3, 0.4) is 0 Å². The third-order valence-corrected chi connectivity index (χ3v) is 4.19. The molecule has 0 saturated carbocycles. The van der Waals surface area contributed by atoms with Gasteiger partial charge in [-0.2, -0.15) is 0 Å². The summed E-state index contributed by atoms with van der Waals surface area (Å²) >= 11 is 0. The van der Waals surface area contributed by atoms with Gasteiger partial charge in [0.1, 0.15) is 9.12 Å². The number of hydrogen-bond donors (Lipinski definition) is 0. The molecule has 3 saturated heterocycles. The number of hydrogen-bond acceptors (Lipinski definition) is 10. The van der Waals surface area contributed by atoms with Crippen molar-refractivity contribution in [3.8, 4) is 0 Å². The summed E-state index contributed by atoms with van der Waals surface area (Å²) in [6, 6.07) is 0. The quantitative estimate of drug-likeness (QED) is 0.155. The Labute approximate surface area is 255 Å². The number of ether oxygens (including phenoxy) is 6. The van der Waals surface area contributed by atoms with Crippen LogP contribution in [0.4, 0.5) is 0 Å². The first kappa shape index (κ1) is 56.2. The van der Waals surface area contributed by atoms with Crippen LogP contribution in [0.2, 0.25) is 0 Å². The Morgan fingerprint density at radius 3 is 1.27 bits per heavy atom. The van der Waals surface area contributed by atoms with Gasteiger partial charge in [-0.25, -0.2) is 0 Å². The molecule has 0 spiro atoms. The van der Waals surface area contributed by atoms with E-state index in [4.69, 9.17) is 42.1 Å². The van der Waals surface area contributed by atoms with Crippen LogP contribution in [0, 0.1) is 0 Å². The maximum Gasteiger partial charge on any atom is 0.212 e. The van der Waals surface area contributed by atoms with Gasteiger partial charge in [0.25, 0.3) is 0 Å². The molecule has 3 aliphatic rings. The van der Waals surface area contributed by atoms with Gasteiger partial charge >= 0.3 is 12.4 Å². The number of rotatable bonds is 8. The number of epoxide rings is 3. The van der Waals surface area contributed by atoms with Gasteiger partial charge in [-0.3, -0.25) is 13.7 Å². The third kappa shape index (κ3) is 117. The van der Waals surface area contributed by atoms with E-state index in [-0.39, 0.29) is 16.5 Å². The van der Waals surface area contributed by atoms with Crippen LogP contribution in [0.25, 0.3) is 0 Å². The Bertz CT molecular complexity index is 392. The summed E-state index contributed by atoms with van der Waals surface area (Å²) in [5.74, 6) is 0. The summed E-state index contributed by atoms with van der Waals surface area (Å²) in [7, 11) is 16.2. The average Bonchev–Trinajstić information content (AvgIpc) is 3.83. The summed E-state index contributed by atoms with van der Waals surface area (Å²) in [5, 5.41) is 0.